The molecule has 0 bridgehead atoms. The van der Waals surface area contributed by atoms with E-state index in [-0.39, 0.29) is 11.6 Å². The predicted octanol–water partition coefficient (Wildman–Crippen LogP) is 5.34. The van der Waals surface area contributed by atoms with Gasteiger partial charge in [-0.25, -0.2) is 0 Å². The molecule has 152 valence electrons. The third-order valence-corrected chi connectivity index (χ3v) is 9.28. The lowest BCUT2D eigenvalue weighted by molar-refractivity contribution is 0.0165. The van der Waals surface area contributed by atoms with Crippen LogP contribution in [-0.4, -0.2) is 16.7 Å². The Balaban J connectivity index is 1.39. The van der Waals surface area contributed by atoms with Gasteiger partial charge in [-0.15, -0.1) is 0 Å². The number of hydrogen-bond acceptors (Lipinski definition) is 2. The largest absolute Gasteiger partial charge is 0.393 e. The first kappa shape index (κ1) is 18.9. The van der Waals surface area contributed by atoms with Crippen LogP contribution in [0.4, 0.5) is 0 Å². The van der Waals surface area contributed by atoms with E-state index in [0.29, 0.717) is 17.8 Å². The van der Waals surface area contributed by atoms with Gasteiger partial charge >= 0.3 is 0 Å². The number of aryl methyl sites for hydroxylation is 1. The number of fused-ring (bicyclic) bond motifs is 5. The number of nitrogens with two attached hydrogens (primary N) is 1. The van der Waals surface area contributed by atoms with Crippen molar-refractivity contribution in [3.63, 3.8) is 0 Å². The van der Waals surface area contributed by atoms with E-state index in [1.165, 1.54) is 49.7 Å². The predicted molar refractivity (Wildman–Crippen MR) is 115 cm³/mol. The lowest BCUT2D eigenvalue weighted by Crippen LogP contribution is -2.58. The van der Waals surface area contributed by atoms with Gasteiger partial charge in [-0.05, 0) is 99.4 Å². The van der Waals surface area contributed by atoms with Gasteiger partial charge in [0.1, 0.15) is 0 Å². The molecule has 0 aromatic heterocycles. The standard InChI is InChI=1S/C26H37NO/c1-16-3-5-18(6-4-16)17(2)24-11-12-25-23-9-7-19-15-20(28)8-10-21(19)22(23)13-14-26(24,25)27/h3-7,17,20-25,28H,8-15,27H2,1-2H3. The van der Waals surface area contributed by atoms with Crippen molar-refractivity contribution in [2.24, 2.45) is 35.3 Å². The number of allylic oxidation sites excluding steroid dienone is 1. The molecule has 2 nitrogen and oxygen atoms in total. The molecular formula is C26H37NO. The van der Waals surface area contributed by atoms with Gasteiger partial charge < -0.3 is 10.8 Å². The Kier molecular flexibility index (Phi) is 4.71. The molecule has 1 aromatic carbocycles. The third-order valence-electron chi connectivity index (χ3n) is 9.28. The Bertz CT molecular complexity index is 752. The van der Waals surface area contributed by atoms with E-state index in [4.69, 9.17) is 5.73 Å². The first-order valence-corrected chi connectivity index (χ1v) is 11.7. The maximum atomic E-state index is 10.1. The summed E-state index contributed by atoms with van der Waals surface area (Å²) in [7, 11) is 0. The van der Waals surface area contributed by atoms with E-state index in [9.17, 15) is 5.11 Å². The molecule has 4 aliphatic rings. The summed E-state index contributed by atoms with van der Waals surface area (Å²) in [6.45, 7) is 4.58. The summed E-state index contributed by atoms with van der Waals surface area (Å²) >= 11 is 0. The van der Waals surface area contributed by atoms with Crippen LogP contribution in [-0.2, 0) is 0 Å². The Labute approximate surface area is 170 Å². The van der Waals surface area contributed by atoms with E-state index < -0.39 is 0 Å². The zero-order chi connectivity index (χ0) is 19.5. The van der Waals surface area contributed by atoms with Gasteiger partial charge in [-0.3, -0.25) is 0 Å². The molecule has 2 heteroatoms. The first-order valence-electron chi connectivity index (χ1n) is 11.7. The van der Waals surface area contributed by atoms with Gasteiger partial charge in [-0.2, -0.15) is 0 Å². The summed E-state index contributed by atoms with van der Waals surface area (Å²) in [4.78, 5) is 0. The topological polar surface area (TPSA) is 46.2 Å². The lowest BCUT2D eigenvalue weighted by Gasteiger charge is -2.54. The van der Waals surface area contributed by atoms with Crippen LogP contribution in [0.25, 0.3) is 0 Å². The van der Waals surface area contributed by atoms with E-state index in [2.05, 4.69) is 44.2 Å². The van der Waals surface area contributed by atoms with Gasteiger partial charge in [0.15, 0.2) is 0 Å². The SMILES string of the molecule is Cc1ccc(C(C)C2CCC3C4CC=C5CC(O)CCC5C4CCC23N)cc1. The maximum absolute atomic E-state index is 10.1. The van der Waals surface area contributed by atoms with E-state index in [1.54, 1.807) is 5.57 Å². The van der Waals surface area contributed by atoms with Gasteiger partial charge in [0.05, 0.1) is 6.10 Å². The van der Waals surface area contributed by atoms with Crippen LogP contribution in [0.15, 0.2) is 35.9 Å². The average molecular weight is 380 g/mol. The molecule has 0 heterocycles. The van der Waals surface area contributed by atoms with E-state index in [0.717, 1.165) is 30.6 Å². The van der Waals surface area contributed by atoms with Crippen LogP contribution in [0, 0.1) is 36.5 Å². The van der Waals surface area contributed by atoms with Crippen LogP contribution in [0.1, 0.15) is 75.3 Å². The first-order chi connectivity index (χ1) is 13.5. The van der Waals surface area contributed by atoms with Crippen LogP contribution >= 0.6 is 0 Å². The zero-order valence-corrected chi connectivity index (χ0v) is 17.6. The molecule has 5 rings (SSSR count). The highest BCUT2D eigenvalue weighted by atomic mass is 16.3. The quantitative estimate of drug-likeness (QED) is 0.681. The molecule has 0 aliphatic heterocycles. The molecule has 4 aliphatic carbocycles. The molecule has 3 fully saturated rings. The van der Waals surface area contributed by atoms with Crippen LogP contribution in [0.2, 0.25) is 0 Å². The van der Waals surface area contributed by atoms with Crippen molar-refractivity contribution >= 4 is 0 Å². The molecule has 3 N–H and O–H groups in total. The second-order valence-corrected chi connectivity index (χ2v) is 10.5. The number of aliphatic hydroxyl groups excluding tert-OH is 1. The molecule has 28 heavy (non-hydrogen) atoms. The van der Waals surface area contributed by atoms with Crippen LogP contribution in [0.5, 0.6) is 0 Å². The van der Waals surface area contributed by atoms with Gasteiger partial charge in [0.2, 0.25) is 0 Å². The summed E-state index contributed by atoms with van der Waals surface area (Å²) in [6, 6.07) is 9.16. The van der Waals surface area contributed by atoms with Crippen molar-refractivity contribution in [1.82, 2.24) is 0 Å². The van der Waals surface area contributed by atoms with Gasteiger partial charge in [0, 0.05) is 5.54 Å². The second kappa shape index (κ2) is 6.99. The summed E-state index contributed by atoms with van der Waals surface area (Å²) in [5.74, 6) is 4.18. The highest BCUT2D eigenvalue weighted by Crippen LogP contribution is 2.60. The van der Waals surface area contributed by atoms with Gasteiger partial charge in [0.25, 0.3) is 0 Å². The third kappa shape index (κ3) is 2.91. The number of aliphatic hydroxyl groups is 1. The normalized spacial score (nSPS) is 43.5. The second-order valence-electron chi connectivity index (χ2n) is 10.5. The van der Waals surface area contributed by atoms with Crippen molar-refractivity contribution in [1.29, 1.82) is 0 Å². The average Bonchev–Trinajstić information content (AvgIpc) is 3.04. The molecule has 0 spiro atoms. The fourth-order valence-electron chi connectivity index (χ4n) is 7.83. The van der Waals surface area contributed by atoms with Crippen LogP contribution in [0.3, 0.4) is 0 Å². The zero-order valence-electron chi connectivity index (χ0n) is 17.6. The molecule has 8 atom stereocenters. The van der Waals surface area contributed by atoms with Crippen LogP contribution < -0.4 is 5.73 Å². The molecular weight excluding hydrogens is 342 g/mol. The summed E-state index contributed by atoms with van der Waals surface area (Å²) in [5.41, 5.74) is 11.7. The highest BCUT2D eigenvalue weighted by molar-refractivity contribution is 5.28. The Morgan fingerprint density at radius 1 is 1.04 bits per heavy atom. The smallest absolute Gasteiger partial charge is 0.0577 e. The Morgan fingerprint density at radius 3 is 2.61 bits per heavy atom. The van der Waals surface area contributed by atoms with E-state index in [1.807, 2.05) is 0 Å². The summed E-state index contributed by atoms with van der Waals surface area (Å²) in [5, 5.41) is 10.1. The fraction of sp³-hybridized carbons (Fsp3) is 0.692. The molecule has 0 radical (unpaired) electrons. The minimum absolute atomic E-state index is 0.0188. The molecule has 8 unspecified atom stereocenters. The maximum Gasteiger partial charge on any atom is 0.0577 e. The summed E-state index contributed by atoms with van der Waals surface area (Å²) < 4.78 is 0. The molecule has 3 saturated carbocycles. The van der Waals surface area contributed by atoms with E-state index >= 15 is 0 Å². The number of benzene rings is 1. The van der Waals surface area contributed by atoms with Crippen molar-refractivity contribution in [2.75, 3.05) is 0 Å². The minimum atomic E-state index is -0.0949. The molecule has 0 amide bonds. The molecule has 1 aromatic rings. The van der Waals surface area contributed by atoms with Crippen molar-refractivity contribution in [3.05, 3.63) is 47.0 Å². The Hall–Kier alpha value is -1.12. The number of rotatable bonds is 2. The monoisotopic (exact) mass is 379 g/mol. The Morgan fingerprint density at radius 2 is 1.82 bits per heavy atom. The van der Waals surface area contributed by atoms with Crippen molar-refractivity contribution < 1.29 is 5.11 Å². The van der Waals surface area contributed by atoms with Crippen molar-refractivity contribution in [3.8, 4) is 0 Å². The lowest BCUT2D eigenvalue weighted by atomic mass is 9.53. The van der Waals surface area contributed by atoms with Gasteiger partial charge in [-0.1, -0.05) is 48.4 Å². The fourth-order valence-corrected chi connectivity index (χ4v) is 7.83. The summed E-state index contributed by atoms with van der Waals surface area (Å²) in [6.07, 6.45) is 11.9. The van der Waals surface area contributed by atoms with Crippen molar-refractivity contribution in [2.45, 2.75) is 82.8 Å². The minimum Gasteiger partial charge on any atom is -0.393 e. The number of hydrogen-bond donors (Lipinski definition) is 2. The molecule has 0 saturated heterocycles. The highest BCUT2D eigenvalue weighted by Gasteiger charge is 2.57.